The summed E-state index contributed by atoms with van der Waals surface area (Å²) in [7, 11) is 1.82. The first-order valence-corrected chi connectivity index (χ1v) is 3.67. The Kier molecular flexibility index (Phi) is 1.83. The first kappa shape index (κ1) is 7.75. The molecule has 1 aliphatic rings. The monoisotopic (exact) mass is 160 g/mol. The van der Waals surface area contributed by atoms with Crippen LogP contribution >= 0.6 is 12.2 Å². The molecule has 0 spiro atoms. The fourth-order valence-electron chi connectivity index (χ4n) is 0.978. The summed E-state index contributed by atoms with van der Waals surface area (Å²) in [4.78, 5) is 1.78. The highest BCUT2D eigenvalue weighted by atomic mass is 32.1. The lowest BCUT2D eigenvalue weighted by Crippen LogP contribution is -2.44. The fourth-order valence-corrected chi connectivity index (χ4v) is 1.17. The minimum absolute atomic E-state index is 0.105. The van der Waals surface area contributed by atoms with Crippen LogP contribution in [-0.4, -0.2) is 34.3 Å². The van der Waals surface area contributed by atoms with Crippen molar-refractivity contribution < 1.29 is 5.11 Å². The summed E-state index contributed by atoms with van der Waals surface area (Å²) < 4.78 is 0. The molecular formula is C6H12N2OS. The molecular weight excluding hydrogens is 148 g/mol. The van der Waals surface area contributed by atoms with Crippen molar-refractivity contribution in [2.75, 3.05) is 13.7 Å². The average Bonchev–Trinajstić information content (AvgIpc) is 2.66. The summed E-state index contributed by atoms with van der Waals surface area (Å²) in [5.41, 5.74) is 5.28. The number of hydrogen-bond acceptors (Lipinski definition) is 2. The number of likely N-dealkylation sites (N-methyl/N-ethyl adjacent to an activating group) is 1. The summed E-state index contributed by atoms with van der Waals surface area (Å²) in [5.74, 6) is 0. The molecule has 0 aromatic heterocycles. The van der Waals surface area contributed by atoms with Gasteiger partial charge >= 0.3 is 0 Å². The summed E-state index contributed by atoms with van der Waals surface area (Å²) in [5, 5.41) is 9.29. The molecule has 0 unspecified atom stereocenters. The molecule has 1 fully saturated rings. The van der Waals surface area contributed by atoms with Gasteiger partial charge in [0.05, 0.1) is 12.1 Å². The lowest BCUT2D eigenvalue weighted by Gasteiger charge is -2.26. The van der Waals surface area contributed by atoms with Gasteiger partial charge in [-0.3, -0.25) is 0 Å². The van der Waals surface area contributed by atoms with Gasteiger partial charge in [0, 0.05) is 7.05 Å². The van der Waals surface area contributed by atoms with Crippen molar-refractivity contribution in [3.05, 3.63) is 0 Å². The average molecular weight is 160 g/mol. The molecule has 0 saturated heterocycles. The number of nitrogens with two attached hydrogens (primary N) is 1. The highest BCUT2D eigenvalue weighted by molar-refractivity contribution is 7.80. The number of hydrogen-bond donors (Lipinski definition) is 2. The maximum atomic E-state index is 8.92. The second-order valence-electron chi connectivity index (χ2n) is 2.78. The van der Waals surface area contributed by atoms with Crippen molar-refractivity contribution in [2.45, 2.75) is 18.4 Å². The van der Waals surface area contributed by atoms with E-state index < -0.39 is 0 Å². The van der Waals surface area contributed by atoms with Gasteiger partial charge < -0.3 is 15.7 Å². The normalized spacial score (nSPS) is 20.2. The van der Waals surface area contributed by atoms with Crippen molar-refractivity contribution in [3.8, 4) is 0 Å². The predicted molar refractivity (Wildman–Crippen MR) is 43.6 cm³/mol. The zero-order valence-electron chi connectivity index (χ0n) is 6.00. The minimum Gasteiger partial charge on any atom is -0.394 e. The standard InChI is InChI=1S/C6H12N2OS/c1-8(5(7)10)6(4-9)2-3-6/h9H,2-4H2,1H3,(H2,7,10). The van der Waals surface area contributed by atoms with Crippen LogP contribution in [0.3, 0.4) is 0 Å². The fraction of sp³-hybridized carbons (Fsp3) is 0.833. The second kappa shape index (κ2) is 2.36. The van der Waals surface area contributed by atoms with E-state index in [4.69, 9.17) is 23.1 Å². The molecule has 10 heavy (non-hydrogen) atoms. The number of thiocarbonyl (C=S) groups is 1. The van der Waals surface area contributed by atoms with E-state index >= 15 is 0 Å². The van der Waals surface area contributed by atoms with Crippen molar-refractivity contribution in [2.24, 2.45) is 5.73 Å². The Labute approximate surface area is 65.8 Å². The third kappa shape index (κ3) is 1.09. The van der Waals surface area contributed by atoms with Gasteiger partial charge in [-0.2, -0.15) is 0 Å². The van der Waals surface area contributed by atoms with E-state index in [0.717, 1.165) is 12.8 Å². The van der Waals surface area contributed by atoms with Crippen LogP contribution in [0.4, 0.5) is 0 Å². The first-order chi connectivity index (χ1) is 4.62. The lowest BCUT2D eigenvalue weighted by molar-refractivity contribution is 0.181. The predicted octanol–water partition coefficient (Wildman–Crippen LogP) is -0.313. The van der Waals surface area contributed by atoms with Crippen LogP contribution < -0.4 is 5.73 Å². The number of rotatable bonds is 2. The number of aliphatic hydroxyl groups excluding tert-OH is 1. The molecule has 0 aromatic rings. The van der Waals surface area contributed by atoms with Crippen molar-refractivity contribution in [3.63, 3.8) is 0 Å². The molecule has 0 radical (unpaired) electrons. The first-order valence-electron chi connectivity index (χ1n) is 3.26. The van der Waals surface area contributed by atoms with Gasteiger partial charge in [0.25, 0.3) is 0 Å². The van der Waals surface area contributed by atoms with E-state index in [9.17, 15) is 0 Å². The van der Waals surface area contributed by atoms with E-state index in [-0.39, 0.29) is 12.1 Å². The summed E-state index contributed by atoms with van der Waals surface area (Å²) in [6.45, 7) is 0.154. The summed E-state index contributed by atoms with van der Waals surface area (Å²) in [6.07, 6.45) is 1.99. The molecule has 1 rings (SSSR count). The molecule has 0 heterocycles. The van der Waals surface area contributed by atoms with Gasteiger partial charge in [-0.1, -0.05) is 0 Å². The molecule has 0 atom stereocenters. The third-order valence-corrected chi connectivity index (χ3v) is 2.44. The molecule has 3 nitrogen and oxygen atoms in total. The van der Waals surface area contributed by atoms with Crippen LogP contribution in [0.1, 0.15) is 12.8 Å². The molecule has 0 aromatic carbocycles. The molecule has 0 aliphatic heterocycles. The molecule has 4 heteroatoms. The zero-order chi connectivity index (χ0) is 7.78. The summed E-state index contributed by atoms with van der Waals surface area (Å²) >= 11 is 4.77. The third-order valence-electron chi connectivity index (χ3n) is 2.16. The Morgan fingerprint density at radius 2 is 2.30 bits per heavy atom. The Bertz CT molecular complexity index is 156. The molecule has 0 amide bonds. The van der Waals surface area contributed by atoms with Crippen molar-refractivity contribution in [1.29, 1.82) is 0 Å². The zero-order valence-corrected chi connectivity index (χ0v) is 6.82. The van der Waals surface area contributed by atoms with Gasteiger partial charge in [-0.05, 0) is 25.1 Å². The van der Waals surface area contributed by atoms with Gasteiger partial charge in [0.15, 0.2) is 5.11 Å². The molecule has 1 saturated carbocycles. The largest absolute Gasteiger partial charge is 0.394 e. The maximum Gasteiger partial charge on any atom is 0.166 e. The minimum atomic E-state index is -0.105. The highest BCUT2D eigenvalue weighted by Crippen LogP contribution is 2.39. The Morgan fingerprint density at radius 3 is 2.40 bits per heavy atom. The van der Waals surface area contributed by atoms with Crippen LogP contribution in [0.25, 0.3) is 0 Å². The van der Waals surface area contributed by atoms with Crippen LogP contribution in [0, 0.1) is 0 Å². The van der Waals surface area contributed by atoms with Gasteiger partial charge in [-0.25, -0.2) is 0 Å². The molecule has 0 bridgehead atoms. The molecule has 1 aliphatic carbocycles. The van der Waals surface area contributed by atoms with Crippen LogP contribution in [-0.2, 0) is 0 Å². The Hall–Kier alpha value is -0.350. The van der Waals surface area contributed by atoms with Gasteiger partial charge in [-0.15, -0.1) is 0 Å². The lowest BCUT2D eigenvalue weighted by atomic mass is 10.3. The van der Waals surface area contributed by atoms with Crippen molar-refractivity contribution >= 4 is 17.3 Å². The van der Waals surface area contributed by atoms with Gasteiger partial charge in [0.1, 0.15) is 0 Å². The number of aliphatic hydroxyl groups is 1. The molecule has 3 N–H and O–H groups in total. The van der Waals surface area contributed by atoms with Crippen LogP contribution in [0.2, 0.25) is 0 Å². The second-order valence-corrected chi connectivity index (χ2v) is 3.20. The van der Waals surface area contributed by atoms with Crippen LogP contribution in [0.15, 0.2) is 0 Å². The summed E-state index contributed by atoms with van der Waals surface area (Å²) in [6, 6.07) is 0. The van der Waals surface area contributed by atoms with Crippen LogP contribution in [0.5, 0.6) is 0 Å². The smallest absolute Gasteiger partial charge is 0.166 e. The Balaban J connectivity index is 2.55. The van der Waals surface area contributed by atoms with E-state index in [2.05, 4.69) is 0 Å². The van der Waals surface area contributed by atoms with Crippen molar-refractivity contribution in [1.82, 2.24) is 4.90 Å². The topological polar surface area (TPSA) is 49.5 Å². The maximum absolute atomic E-state index is 8.92. The SMILES string of the molecule is CN(C(N)=S)C1(CO)CC1. The highest BCUT2D eigenvalue weighted by Gasteiger charge is 2.46. The van der Waals surface area contributed by atoms with E-state index in [0.29, 0.717) is 5.11 Å². The Morgan fingerprint density at radius 1 is 1.80 bits per heavy atom. The van der Waals surface area contributed by atoms with E-state index in [1.807, 2.05) is 7.05 Å². The quantitative estimate of drug-likeness (QED) is 0.544. The van der Waals surface area contributed by atoms with Gasteiger partial charge in [0.2, 0.25) is 0 Å². The molecule has 58 valence electrons. The van der Waals surface area contributed by atoms with E-state index in [1.165, 1.54) is 0 Å². The number of nitrogens with zero attached hydrogens (tertiary/aromatic N) is 1. The van der Waals surface area contributed by atoms with E-state index in [1.54, 1.807) is 4.90 Å².